The van der Waals surface area contributed by atoms with Crippen LogP contribution >= 0.6 is 24.8 Å². The number of morpholine rings is 1. The van der Waals surface area contributed by atoms with Crippen molar-refractivity contribution in [2.24, 2.45) is 0 Å². The summed E-state index contributed by atoms with van der Waals surface area (Å²) in [4.78, 5) is 17.9. The van der Waals surface area contributed by atoms with Gasteiger partial charge in [0.2, 0.25) is 5.91 Å². The highest BCUT2D eigenvalue weighted by molar-refractivity contribution is 5.85. The molecule has 1 N–H and O–H groups in total. The molecule has 5 nitrogen and oxygen atoms in total. The molecule has 7 heteroatoms. The van der Waals surface area contributed by atoms with E-state index in [1.54, 1.807) is 18.1 Å². The van der Waals surface area contributed by atoms with Gasteiger partial charge in [-0.05, 0) is 12.1 Å². The van der Waals surface area contributed by atoms with E-state index in [0.717, 1.165) is 18.8 Å². The summed E-state index contributed by atoms with van der Waals surface area (Å²) in [5, 5.41) is 3.28. The number of hydrogen-bond donors (Lipinski definition) is 1. The van der Waals surface area contributed by atoms with Crippen LogP contribution in [0.3, 0.4) is 0 Å². The van der Waals surface area contributed by atoms with E-state index in [2.05, 4.69) is 10.3 Å². The zero-order valence-electron chi connectivity index (χ0n) is 11.4. The number of amides is 1. The summed E-state index contributed by atoms with van der Waals surface area (Å²) in [6, 6.07) is 5.86. The van der Waals surface area contributed by atoms with Crippen molar-refractivity contribution in [3.8, 4) is 0 Å². The monoisotopic (exact) mass is 321 g/mol. The van der Waals surface area contributed by atoms with Gasteiger partial charge in [0.1, 0.15) is 0 Å². The third-order valence-electron chi connectivity index (χ3n) is 2.97. The Bertz CT molecular complexity index is 386. The van der Waals surface area contributed by atoms with Crippen molar-refractivity contribution in [1.29, 1.82) is 0 Å². The van der Waals surface area contributed by atoms with Gasteiger partial charge in [0.15, 0.2) is 0 Å². The zero-order chi connectivity index (χ0) is 12.8. The smallest absolute Gasteiger partial charge is 0.224 e. The van der Waals surface area contributed by atoms with Gasteiger partial charge in [0.25, 0.3) is 0 Å². The predicted octanol–water partition coefficient (Wildman–Crippen LogP) is 1.26. The van der Waals surface area contributed by atoms with Crippen molar-refractivity contribution in [1.82, 2.24) is 15.2 Å². The molecule has 1 atom stereocenters. The lowest BCUT2D eigenvalue weighted by molar-refractivity contribution is -0.131. The number of rotatable bonds is 4. The molecular weight excluding hydrogens is 301 g/mol. The highest BCUT2D eigenvalue weighted by Crippen LogP contribution is 2.05. The van der Waals surface area contributed by atoms with E-state index in [4.69, 9.17) is 4.74 Å². The number of carbonyl (C=O) groups excluding carboxylic acids is 1. The highest BCUT2D eigenvalue weighted by Gasteiger charge is 2.19. The molecule has 1 aliphatic rings. The van der Waals surface area contributed by atoms with Gasteiger partial charge in [-0.3, -0.25) is 9.78 Å². The van der Waals surface area contributed by atoms with Crippen LogP contribution in [-0.2, 0) is 16.1 Å². The second kappa shape index (κ2) is 9.94. The Kier molecular flexibility index (Phi) is 9.50. The number of carbonyl (C=O) groups is 1. The maximum absolute atomic E-state index is 12.0. The zero-order valence-corrected chi connectivity index (χ0v) is 13.1. The van der Waals surface area contributed by atoms with Crippen LogP contribution < -0.4 is 5.32 Å². The van der Waals surface area contributed by atoms with Crippen molar-refractivity contribution in [2.75, 3.05) is 26.8 Å². The van der Waals surface area contributed by atoms with Gasteiger partial charge in [-0.1, -0.05) is 6.07 Å². The van der Waals surface area contributed by atoms with Crippen LogP contribution in [0.2, 0.25) is 0 Å². The predicted molar refractivity (Wildman–Crippen MR) is 82.4 cm³/mol. The fraction of sp³-hybridized carbons (Fsp3) is 0.538. The van der Waals surface area contributed by atoms with Gasteiger partial charge in [0.05, 0.1) is 25.5 Å². The number of ether oxygens (including phenoxy) is 1. The fourth-order valence-electron chi connectivity index (χ4n) is 1.94. The van der Waals surface area contributed by atoms with Gasteiger partial charge < -0.3 is 15.0 Å². The first kappa shape index (κ1) is 19.1. The molecule has 1 fully saturated rings. The van der Waals surface area contributed by atoms with Crippen molar-refractivity contribution >= 4 is 30.7 Å². The lowest BCUT2D eigenvalue weighted by Crippen LogP contribution is -2.44. The standard InChI is InChI=1S/C13H19N3O2.2ClH/c1-16(9-11-4-2-3-5-14-11)13(17)8-12-10-18-7-6-15-12;;/h2-5,12,15H,6-10H2,1H3;2*1H. The van der Waals surface area contributed by atoms with Gasteiger partial charge in [-0.25, -0.2) is 0 Å². The Balaban J connectivity index is 0.00000180. The summed E-state index contributed by atoms with van der Waals surface area (Å²) in [5.41, 5.74) is 0.904. The van der Waals surface area contributed by atoms with E-state index in [9.17, 15) is 4.79 Å². The van der Waals surface area contributed by atoms with Crippen LogP contribution in [0.4, 0.5) is 0 Å². The van der Waals surface area contributed by atoms with Crippen LogP contribution in [-0.4, -0.2) is 48.6 Å². The Labute approximate surface area is 131 Å². The second-order valence-electron chi connectivity index (χ2n) is 4.50. The Hall–Kier alpha value is -0.880. The number of nitrogens with zero attached hydrogens (tertiary/aromatic N) is 2. The molecule has 20 heavy (non-hydrogen) atoms. The largest absolute Gasteiger partial charge is 0.378 e. The maximum Gasteiger partial charge on any atom is 0.224 e. The molecule has 0 bridgehead atoms. The molecule has 2 heterocycles. The van der Waals surface area contributed by atoms with Crippen molar-refractivity contribution in [3.63, 3.8) is 0 Å². The molecule has 1 aliphatic heterocycles. The molecule has 1 aromatic heterocycles. The first-order valence-electron chi connectivity index (χ1n) is 6.20. The summed E-state index contributed by atoms with van der Waals surface area (Å²) in [5.74, 6) is 0.114. The quantitative estimate of drug-likeness (QED) is 0.907. The van der Waals surface area contributed by atoms with Crippen LogP contribution in [0, 0.1) is 0 Å². The van der Waals surface area contributed by atoms with E-state index in [-0.39, 0.29) is 36.8 Å². The molecule has 1 unspecified atom stereocenters. The minimum atomic E-state index is 0. The number of aromatic nitrogens is 1. The minimum absolute atomic E-state index is 0. The van der Waals surface area contributed by atoms with Crippen LogP contribution in [0.25, 0.3) is 0 Å². The average molecular weight is 322 g/mol. The van der Waals surface area contributed by atoms with Gasteiger partial charge in [-0.15, -0.1) is 24.8 Å². The molecule has 0 saturated carbocycles. The average Bonchev–Trinajstić information content (AvgIpc) is 2.41. The van der Waals surface area contributed by atoms with Crippen molar-refractivity contribution in [3.05, 3.63) is 30.1 Å². The second-order valence-corrected chi connectivity index (χ2v) is 4.50. The number of hydrogen-bond acceptors (Lipinski definition) is 4. The first-order chi connectivity index (χ1) is 8.75. The number of halogens is 2. The molecule has 0 aromatic carbocycles. The summed E-state index contributed by atoms with van der Waals surface area (Å²) < 4.78 is 5.34. The normalized spacial score (nSPS) is 17.6. The number of pyridine rings is 1. The topological polar surface area (TPSA) is 54.5 Å². The summed E-state index contributed by atoms with van der Waals surface area (Å²) >= 11 is 0. The van der Waals surface area contributed by atoms with Gasteiger partial charge in [0, 0.05) is 32.3 Å². The van der Waals surface area contributed by atoms with E-state index >= 15 is 0 Å². The summed E-state index contributed by atoms with van der Waals surface area (Å²) in [6.45, 7) is 2.72. The van der Waals surface area contributed by atoms with Crippen molar-refractivity contribution in [2.45, 2.75) is 19.0 Å². The molecule has 0 radical (unpaired) electrons. The molecule has 0 spiro atoms. The maximum atomic E-state index is 12.0. The Morgan fingerprint density at radius 3 is 2.90 bits per heavy atom. The lowest BCUT2D eigenvalue weighted by atomic mass is 10.2. The minimum Gasteiger partial charge on any atom is -0.378 e. The van der Waals surface area contributed by atoms with E-state index in [1.807, 2.05) is 18.2 Å². The molecule has 114 valence electrons. The lowest BCUT2D eigenvalue weighted by Gasteiger charge is -2.25. The summed E-state index contributed by atoms with van der Waals surface area (Å²) in [7, 11) is 1.81. The first-order valence-corrected chi connectivity index (χ1v) is 6.20. The Morgan fingerprint density at radius 1 is 1.50 bits per heavy atom. The molecule has 1 amide bonds. The Morgan fingerprint density at radius 2 is 2.30 bits per heavy atom. The van der Waals surface area contributed by atoms with E-state index in [1.165, 1.54) is 0 Å². The third kappa shape index (κ3) is 6.05. The highest BCUT2D eigenvalue weighted by atomic mass is 35.5. The van der Waals surface area contributed by atoms with Crippen LogP contribution in [0.1, 0.15) is 12.1 Å². The van der Waals surface area contributed by atoms with Crippen LogP contribution in [0.15, 0.2) is 24.4 Å². The van der Waals surface area contributed by atoms with E-state index < -0.39 is 0 Å². The van der Waals surface area contributed by atoms with E-state index in [0.29, 0.717) is 19.6 Å². The third-order valence-corrected chi connectivity index (χ3v) is 2.97. The molecule has 0 aliphatic carbocycles. The molecular formula is C13H21Cl2N3O2. The van der Waals surface area contributed by atoms with Crippen LogP contribution in [0.5, 0.6) is 0 Å². The summed E-state index contributed by atoms with van der Waals surface area (Å²) in [6.07, 6.45) is 2.22. The molecule has 2 rings (SSSR count). The number of nitrogens with one attached hydrogen (secondary N) is 1. The molecule has 1 aromatic rings. The van der Waals surface area contributed by atoms with Gasteiger partial charge in [-0.2, -0.15) is 0 Å². The van der Waals surface area contributed by atoms with Crippen molar-refractivity contribution < 1.29 is 9.53 Å². The molecule has 1 saturated heterocycles. The SMILES string of the molecule is CN(Cc1ccccn1)C(=O)CC1COCCN1.Cl.Cl. The fourth-order valence-corrected chi connectivity index (χ4v) is 1.94. The van der Waals surface area contributed by atoms with Gasteiger partial charge >= 0.3 is 0 Å².